The van der Waals surface area contributed by atoms with Gasteiger partial charge in [0.15, 0.2) is 0 Å². The molecule has 0 fully saturated rings. The first-order chi connectivity index (χ1) is 7.20. The zero-order valence-corrected chi connectivity index (χ0v) is 8.56. The lowest BCUT2D eigenvalue weighted by Gasteiger charge is -1.99. The van der Waals surface area contributed by atoms with Crippen LogP contribution in [0.5, 0.6) is 0 Å². The number of thiol groups is 1. The number of aromatic amines is 1. The summed E-state index contributed by atoms with van der Waals surface area (Å²) in [6.45, 7) is 0. The number of nitrogens with one attached hydrogen (secondary N) is 1. The van der Waals surface area contributed by atoms with Gasteiger partial charge in [0.1, 0.15) is 17.5 Å². The summed E-state index contributed by atoms with van der Waals surface area (Å²) >= 11 is 4.02. The number of halogens is 2. The molecule has 1 N–H and O–H groups in total. The SMILES string of the molecule is Fc1ccc(F)c(-c2cnc(CS)[nH]2)c1. The number of hydrogen-bond donors (Lipinski definition) is 2. The number of aromatic nitrogens is 2. The molecule has 78 valence electrons. The molecule has 1 heterocycles. The molecule has 2 aromatic rings. The second-order valence-corrected chi connectivity index (χ2v) is 3.34. The number of H-pyrrole nitrogens is 1. The van der Waals surface area contributed by atoms with Crippen molar-refractivity contribution in [3.8, 4) is 11.3 Å². The van der Waals surface area contributed by atoms with Gasteiger partial charge in [0.25, 0.3) is 0 Å². The third-order valence-electron chi connectivity index (χ3n) is 2.00. The molecule has 0 atom stereocenters. The molecule has 0 aliphatic heterocycles. The van der Waals surface area contributed by atoms with Crippen LogP contribution in [-0.4, -0.2) is 9.97 Å². The molecule has 5 heteroatoms. The van der Waals surface area contributed by atoms with E-state index >= 15 is 0 Å². The van der Waals surface area contributed by atoms with Crippen LogP contribution in [0.1, 0.15) is 5.82 Å². The van der Waals surface area contributed by atoms with Crippen molar-refractivity contribution in [3.63, 3.8) is 0 Å². The van der Waals surface area contributed by atoms with Gasteiger partial charge in [0, 0.05) is 11.3 Å². The lowest BCUT2D eigenvalue weighted by Crippen LogP contribution is -1.87. The molecule has 2 nitrogen and oxygen atoms in total. The highest BCUT2D eigenvalue weighted by atomic mass is 32.1. The summed E-state index contributed by atoms with van der Waals surface area (Å²) in [4.78, 5) is 6.81. The Bertz CT molecular complexity index is 482. The van der Waals surface area contributed by atoms with E-state index < -0.39 is 11.6 Å². The highest BCUT2D eigenvalue weighted by molar-refractivity contribution is 7.79. The molecule has 1 aromatic carbocycles. The van der Waals surface area contributed by atoms with E-state index in [1.807, 2.05) is 0 Å². The van der Waals surface area contributed by atoms with Gasteiger partial charge >= 0.3 is 0 Å². The monoisotopic (exact) mass is 226 g/mol. The molecule has 0 saturated heterocycles. The average Bonchev–Trinajstić information content (AvgIpc) is 2.70. The fraction of sp³-hybridized carbons (Fsp3) is 0.100. The van der Waals surface area contributed by atoms with Crippen molar-refractivity contribution < 1.29 is 8.78 Å². The Labute approximate surface area is 90.8 Å². The Hall–Kier alpha value is -1.36. The summed E-state index contributed by atoms with van der Waals surface area (Å²) < 4.78 is 26.2. The summed E-state index contributed by atoms with van der Waals surface area (Å²) in [6.07, 6.45) is 1.46. The van der Waals surface area contributed by atoms with Crippen LogP contribution in [0.4, 0.5) is 8.78 Å². The molecular formula is C10H8F2N2S. The van der Waals surface area contributed by atoms with Crippen LogP contribution >= 0.6 is 12.6 Å². The number of rotatable bonds is 2. The summed E-state index contributed by atoms with van der Waals surface area (Å²) in [5.74, 6) is 0.0906. The quantitative estimate of drug-likeness (QED) is 0.757. The Morgan fingerprint density at radius 1 is 1.33 bits per heavy atom. The molecule has 0 amide bonds. The lowest BCUT2D eigenvalue weighted by atomic mass is 10.1. The van der Waals surface area contributed by atoms with Crippen molar-refractivity contribution in [1.29, 1.82) is 0 Å². The zero-order chi connectivity index (χ0) is 10.8. The van der Waals surface area contributed by atoms with E-state index in [-0.39, 0.29) is 5.56 Å². The molecule has 1 aromatic heterocycles. The predicted octanol–water partition coefficient (Wildman–Crippen LogP) is 2.78. The average molecular weight is 226 g/mol. The minimum absolute atomic E-state index is 0.176. The van der Waals surface area contributed by atoms with E-state index in [9.17, 15) is 8.78 Å². The molecule has 0 saturated carbocycles. The van der Waals surface area contributed by atoms with Gasteiger partial charge in [-0.1, -0.05) is 0 Å². The normalized spacial score (nSPS) is 10.6. The van der Waals surface area contributed by atoms with E-state index in [1.165, 1.54) is 6.20 Å². The summed E-state index contributed by atoms with van der Waals surface area (Å²) in [5, 5.41) is 0. The van der Waals surface area contributed by atoms with E-state index in [2.05, 4.69) is 22.6 Å². The van der Waals surface area contributed by atoms with E-state index in [0.717, 1.165) is 18.2 Å². The van der Waals surface area contributed by atoms with Crippen LogP contribution < -0.4 is 0 Å². The van der Waals surface area contributed by atoms with Crippen LogP contribution in [0.15, 0.2) is 24.4 Å². The van der Waals surface area contributed by atoms with Crippen LogP contribution in [-0.2, 0) is 5.75 Å². The fourth-order valence-corrected chi connectivity index (χ4v) is 1.44. The fourth-order valence-electron chi connectivity index (χ4n) is 1.28. The lowest BCUT2D eigenvalue weighted by molar-refractivity contribution is 0.602. The Morgan fingerprint density at radius 2 is 2.13 bits per heavy atom. The molecule has 0 radical (unpaired) electrons. The predicted molar refractivity (Wildman–Crippen MR) is 56.6 cm³/mol. The minimum Gasteiger partial charge on any atom is -0.341 e. The first-order valence-electron chi connectivity index (χ1n) is 4.31. The maximum Gasteiger partial charge on any atom is 0.132 e. The van der Waals surface area contributed by atoms with Crippen LogP contribution in [0.25, 0.3) is 11.3 Å². The van der Waals surface area contributed by atoms with Gasteiger partial charge in [-0.05, 0) is 18.2 Å². The number of nitrogens with zero attached hydrogens (tertiary/aromatic N) is 1. The van der Waals surface area contributed by atoms with Crippen molar-refractivity contribution in [3.05, 3.63) is 41.9 Å². The first kappa shape index (κ1) is 10.2. The van der Waals surface area contributed by atoms with Gasteiger partial charge < -0.3 is 4.98 Å². The van der Waals surface area contributed by atoms with Gasteiger partial charge in [-0.25, -0.2) is 13.8 Å². The van der Waals surface area contributed by atoms with Crippen LogP contribution in [0.2, 0.25) is 0 Å². The van der Waals surface area contributed by atoms with E-state index in [1.54, 1.807) is 0 Å². The smallest absolute Gasteiger partial charge is 0.132 e. The van der Waals surface area contributed by atoms with Gasteiger partial charge in [-0.15, -0.1) is 0 Å². The van der Waals surface area contributed by atoms with Crippen molar-refractivity contribution in [2.24, 2.45) is 0 Å². The summed E-state index contributed by atoms with van der Waals surface area (Å²) in [5.41, 5.74) is 0.631. The Morgan fingerprint density at radius 3 is 2.80 bits per heavy atom. The molecule has 0 bridgehead atoms. The van der Waals surface area contributed by atoms with Crippen LogP contribution in [0, 0.1) is 11.6 Å². The van der Waals surface area contributed by atoms with Crippen LogP contribution in [0.3, 0.4) is 0 Å². The van der Waals surface area contributed by atoms with Crippen molar-refractivity contribution in [1.82, 2.24) is 9.97 Å². The van der Waals surface area contributed by atoms with Crippen molar-refractivity contribution in [2.45, 2.75) is 5.75 Å². The third-order valence-corrected chi connectivity index (χ3v) is 2.30. The van der Waals surface area contributed by atoms with Gasteiger partial charge in [0.05, 0.1) is 11.9 Å². The Kier molecular flexibility index (Phi) is 2.73. The zero-order valence-electron chi connectivity index (χ0n) is 7.67. The molecule has 0 unspecified atom stereocenters. The maximum atomic E-state index is 13.3. The summed E-state index contributed by atoms with van der Waals surface area (Å²) in [7, 11) is 0. The molecule has 0 spiro atoms. The third kappa shape index (κ3) is 2.02. The second kappa shape index (κ2) is 4.02. The van der Waals surface area contributed by atoms with Gasteiger partial charge in [0.2, 0.25) is 0 Å². The topological polar surface area (TPSA) is 28.7 Å². The van der Waals surface area contributed by atoms with Crippen molar-refractivity contribution >= 4 is 12.6 Å². The number of hydrogen-bond acceptors (Lipinski definition) is 2. The second-order valence-electron chi connectivity index (χ2n) is 3.03. The molecular weight excluding hydrogens is 218 g/mol. The van der Waals surface area contributed by atoms with E-state index in [4.69, 9.17) is 0 Å². The molecule has 0 aliphatic rings. The van der Waals surface area contributed by atoms with Gasteiger partial charge in [-0.2, -0.15) is 12.6 Å². The summed E-state index contributed by atoms with van der Waals surface area (Å²) in [6, 6.07) is 3.30. The molecule has 0 aliphatic carbocycles. The maximum absolute atomic E-state index is 13.3. The van der Waals surface area contributed by atoms with Gasteiger partial charge in [-0.3, -0.25) is 0 Å². The minimum atomic E-state index is -0.481. The standard InChI is InChI=1S/C10H8F2N2S/c11-6-1-2-8(12)7(3-6)9-4-13-10(5-15)14-9/h1-4,15H,5H2,(H,13,14). The largest absolute Gasteiger partial charge is 0.341 e. The highest BCUT2D eigenvalue weighted by Crippen LogP contribution is 2.22. The molecule has 15 heavy (non-hydrogen) atoms. The Balaban J connectivity index is 2.48. The highest BCUT2D eigenvalue weighted by Gasteiger charge is 2.08. The first-order valence-corrected chi connectivity index (χ1v) is 4.94. The number of benzene rings is 1. The number of imidazole rings is 1. The molecule has 2 rings (SSSR count). The van der Waals surface area contributed by atoms with Crippen molar-refractivity contribution in [2.75, 3.05) is 0 Å². The van der Waals surface area contributed by atoms with E-state index in [0.29, 0.717) is 17.3 Å².